The van der Waals surface area contributed by atoms with E-state index in [1.165, 1.54) is 12.0 Å². The van der Waals surface area contributed by atoms with Crippen molar-refractivity contribution in [3.63, 3.8) is 0 Å². The number of halogens is 1. The molecule has 0 bridgehead atoms. The third-order valence-electron chi connectivity index (χ3n) is 1.56. The molecule has 1 unspecified atom stereocenters. The van der Waals surface area contributed by atoms with E-state index in [-0.39, 0.29) is 0 Å². The highest BCUT2D eigenvalue weighted by Crippen LogP contribution is 2.24. The van der Waals surface area contributed by atoms with Gasteiger partial charge in [0.1, 0.15) is 0 Å². The Morgan fingerprint density at radius 1 is 1.89 bits per heavy atom. The highest BCUT2D eigenvalue weighted by atomic mass is 35.5. The van der Waals surface area contributed by atoms with Crippen LogP contribution in [-0.4, -0.2) is 5.38 Å². The number of alkyl halides is 1. The first-order valence-corrected chi connectivity index (χ1v) is 3.71. The van der Waals surface area contributed by atoms with Gasteiger partial charge in [0.2, 0.25) is 0 Å². The van der Waals surface area contributed by atoms with Crippen molar-refractivity contribution < 1.29 is 0 Å². The molecule has 0 saturated carbocycles. The first kappa shape index (κ1) is 6.88. The van der Waals surface area contributed by atoms with E-state index in [1.807, 2.05) is 6.08 Å². The highest BCUT2D eigenvalue weighted by Gasteiger charge is 2.10. The number of rotatable bonds is 2. The van der Waals surface area contributed by atoms with E-state index in [1.54, 1.807) is 0 Å². The summed E-state index contributed by atoms with van der Waals surface area (Å²) in [5.74, 6) is 0. The van der Waals surface area contributed by atoms with Crippen molar-refractivity contribution in [2.24, 2.45) is 0 Å². The van der Waals surface area contributed by atoms with Gasteiger partial charge < -0.3 is 0 Å². The SMILES string of the molecule is C=CCC1=CC(Cl)CC1. The van der Waals surface area contributed by atoms with Crippen molar-refractivity contribution in [2.75, 3.05) is 0 Å². The van der Waals surface area contributed by atoms with E-state index < -0.39 is 0 Å². The zero-order chi connectivity index (χ0) is 6.69. The second-order valence-corrected chi connectivity index (χ2v) is 2.93. The average molecular weight is 143 g/mol. The summed E-state index contributed by atoms with van der Waals surface area (Å²) < 4.78 is 0. The molecule has 50 valence electrons. The summed E-state index contributed by atoms with van der Waals surface area (Å²) in [4.78, 5) is 0. The monoisotopic (exact) mass is 142 g/mol. The molecule has 0 aromatic rings. The summed E-state index contributed by atoms with van der Waals surface area (Å²) in [7, 11) is 0. The maximum atomic E-state index is 5.83. The van der Waals surface area contributed by atoms with Crippen molar-refractivity contribution >= 4 is 11.6 Å². The highest BCUT2D eigenvalue weighted by molar-refractivity contribution is 6.22. The zero-order valence-corrected chi connectivity index (χ0v) is 6.19. The lowest BCUT2D eigenvalue weighted by Crippen LogP contribution is -1.81. The molecule has 0 aromatic heterocycles. The maximum Gasteiger partial charge on any atom is 0.0521 e. The molecular formula is C8H11Cl. The van der Waals surface area contributed by atoms with Gasteiger partial charge in [-0.25, -0.2) is 0 Å². The molecule has 1 heteroatoms. The molecule has 0 saturated heterocycles. The Labute approximate surface area is 61.2 Å². The molecule has 1 aliphatic rings. The Morgan fingerprint density at radius 2 is 2.67 bits per heavy atom. The predicted octanol–water partition coefficient (Wildman–Crippen LogP) is 2.89. The summed E-state index contributed by atoms with van der Waals surface area (Å²) in [6.07, 6.45) is 7.37. The lowest BCUT2D eigenvalue weighted by Gasteiger charge is -1.90. The van der Waals surface area contributed by atoms with Crippen LogP contribution in [0.2, 0.25) is 0 Å². The average Bonchev–Trinajstić information content (AvgIpc) is 2.17. The molecule has 0 amide bonds. The molecule has 0 aromatic carbocycles. The smallest absolute Gasteiger partial charge is 0.0521 e. The first-order chi connectivity index (χ1) is 4.33. The van der Waals surface area contributed by atoms with Gasteiger partial charge in [-0.2, -0.15) is 0 Å². The van der Waals surface area contributed by atoms with Crippen LogP contribution < -0.4 is 0 Å². The summed E-state index contributed by atoms with van der Waals surface area (Å²) >= 11 is 5.83. The molecule has 0 heterocycles. The maximum absolute atomic E-state index is 5.83. The van der Waals surface area contributed by atoms with E-state index in [2.05, 4.69) is 12.7 Å². The van der Waals surface area contributed by atoms with Crippen LogP contribution in [0.25, 0.3) is 0 Å². The third kappa shape index (κ3) is 1.87. The lowest BCUT2D eigenvalue weighted by atomic mass is 10.2. The van der Waals surface area contributed by atoms with E-state index in [9.17, 15) is 0 Å². The Balaban J connectivity index is 2.41. The molecule has 0 fully saturated rings. The van der Waals surface area contributed by atoms with Gasteiger partial charge in [-0.3, -0.25) is 0 Å². The van der Waals surface area contributed by atoms with Gasteiger partial charge >= 0.3 is 0 Å². The molecule has 9 heavy (non-hydrogen) atoms. The van der Waals surface area contributed by atoms with Crippen LogP contribution in [-0.2, 0) is 0 Å². The largest absolute Gasteiger partial charge is 0.118 e. The van der Waals surface area contributed by atoms with Crippen LogP contribution in [0.3, 0.4) is 0 Å². The molecular weight excluding hydrogens is 132 g/mol. The fourth-order valence-corrected chi connectivity index (χ4v) is 1.39. The molecule has 0 spiro atoms. The summed E-state index contributed by atoms with van der Waals surface area (Å²) in [5.41, 5.74) is 1.45. The number of allylic oxidation sites excluding steroid dienone is 3. The van der Waals surface area contributed by atoms with Gasteiger partial charge in [-0.05, 0) is 19.3 Å². The fraction of sp³-hybridized carbons (Fsp3) is 0.500. The first-order valence-electron chi connectivity index (χ1n) is 3.27. The summed E-state index contributed by atoms with van der Waals surface area (Å²) in [6.45, 7) is 3.67. The molecule has 0 radical (unpaired) electrons. The van der Waals surface area contributed by atoms with Gasteiger partial charge in [-0.15, -0.1) is 18.2 Å². The minimum absolute atomic E-state index is 0.292. The van der Waals surface area contributed by atoms with E-state index in [4.69, 9.17) is 11.6 Å². The number of hydrogen-bond donors (Lipinski definition) is 0. The summed E-state index contributed by atoms with van der Waals surface area (Å²) in [6, 6.07) is 0. The van der Waals surface area contributed by atoms with Gasteiger partial charge in [0.15, 0.2) is 0 Å². The van der Waals surface area contributed by atoms with Gasteiger partial charge in [-0.1, -0.05) is 17.7 Å². The Morgan fingerprint density at radius 3 is 3.11 bits per heavy atom. The topological polar surface area (TPSA) is 0 Å². The van der Waals surface area contributed by atoms with E-state index in [0.717, 1.165) is 12.8 Å². The third-order valence-corrected chi connectivity index (χ3v) is 1.91. The molecule has 1 rings (SSSR count). The molecule has 0 aliphatic heterocycles. The standard InChI is InChI=1S/C8H11Cl/c1-2-3-7-4-5-8(9)6-7/h2,6,8H,1,3-5H2. The van der Waals surface area contributed by atoms with Gasteiger partial charge in [0.25, 0.3) is 0 Å². The van der Waals surface area contributed by atoms with Crippen LogP contribution >= 0.6 is 11.6 Å². The van der Waals surface area contributed by atoms with Crippen molar-refractivity contribution in [3.8, 4) is 0 Å². The van der Waals surface area contributed by atoms with Crippen LogP contribution in [0.5, 0.6) is 0 Å². The second-order valence-electron chi connectivity index (χ2n) is 2.37. The Bertz CT molecular complexity index is 136. The van der Waals surface area contributed by atoms with Gasteiger partial charge in [0, 0.05) is 0 Å². The van der Waals surface area contributed by atoms with Crippen LogP contribution in [0.4, 0.5) is 0 Å². The second kappa shape index (κ2) is 3.07. The molecule has 1 atom stereocenters. The van der Waals surface area contributed by atoms with Crippen molar-refractivity contribution in [1.29, 1.82) is 0 Å². The van der Waals surface area contributed by atoms with Crippen LogP contribution in [0.1, 0.15) is 19.3 Å². The minimum Gasteiger partial charge on any atom is -0.118 e. The quantitative estimate of drug-likeness (QED) is 0.411. The van der Waals surface area contributed by atoms with E-state index >= 15 is 0 Å². The van der Waals surface area contributed by atoms with Crippen molar-refractivity contribution in [3.05, 3.63) is 24.3 Å². The number of hydrogen-bond acceptors (Lipinski definition) is 0. The van der Waals surface area contributed by atoms with Crippen LogP contribution in [0.15, 0.2) is 24.3 Å². The summed E-state index contributed by atoms with van der Waals surface area (Å²) in [5, 5.41) is 0.292. The van der Waals surface area contributed by atoms with Gasteiger partial charge in [0.05, 0.1) is 5.38 Å². The lowest BCUT2D eigenvalue weighted by molar-refractivity contribution is 0.898. The predicted molar refractivity (Wildman–Crippen MR) is 41.8 cm³/mol. The molecule has 0 N–H and O–H groups in total. The Kier molecular flexibility index (Phi) is 2.35. The fourth-order valence-electron chi connectivity index (χ4n) is 1.10. The van der Waals surface area contributed by atoms with Crippen molar-refractivity contribution in [2.45, 2.75) is 24.6 Å². The van der Waals surface area contributed by atoms with E-state index in [0.29, 0.717) is 5.38 Å². The Hall–Kier alpha value is -0.230. The van der Waals surface area contributed by atoms with Crippen LogP contribution in [0, 0.1) is 0 Å². The normalized spacial score (nSPS) is 25.9. The van der Waals surface area contributed by atoms with Crippen molar-refractivity contribution in [1.82, 2.24) is 0 Å². The minimum atomic E-state index is 0.292. The molecule has 0 nitrogen and oxygen atoms in total. The molecule has 1 aliphatic carbocycles. The zero-order valence-electron chi connectivity index (χ0n) is 5.44.